The molecule has 0 saturated carbocycles. The first-order chi connectivity index (χ1) is 11.6. The molecule has 0 fully saturated rings. The molecule has 0 atom stereocenters. The molecule has 2 aromatic rings. The summed E-state index contributed by atoms with van der Waals surface area (Å²) in [5.74, 6) is 1.49. The Balaban J connectivity index is 2.29. The number of nitrogens with zero attached hydrogens (tertiary/aromatic N) is 1. The Bertz CT molecular complexity index is 723. The van der Waals surface area contributed by atoms with Gasteiger partial charge in [0, 0.05) is 17.8 Å². The fraction of sp³-hybridized carbons (Fsp3) is 0.350. The van der Waals surface area contributed by atoms with Gasteiger partial charge in [-0.15, -0.1) is 0 Å². The molecule has 4 N–H and O–H groups in total. The Morgan fingerprint density at radius 1 is 1.17 bits per heavy atom. The zero-order chi connectivity index (χ0) is 17.5. The van der Waals surface area contributed by atoms with Crippen molar-refractivity contribution >= 4 is 11.5 Å². The monoisotopic (exact) mass is 325 g/mol. The van der Waals surface area contributed by atoms with Gasteiger partial charge in [-0.05, 0) is 61.1 Å². The van der Waals surface area contributed by atoms with Crippen LogP contribution in [-0.2, 0) is 12.8 Å². The number of benzene rings is 2. The summed E-state index contributed by atoms with van der Waals surface area (Å²) in [5.41, 5.74) is 17.5. The third-order valence-corrected chi connectivity index (χ3v) is 4.14. The molecule has 0 aliphatic carbocycles. The summed E-state index contributed by atoms with van der Waals surface area (Å²) >= 11 is 0. The van der Waals surface area contributed by atoms with Gasteiger partial charge in [0.1, 0.15) is 11.6 Å². The number of rotatable bonds is 7. The van der Waals surface area contributed by atoms with E-state index in [4.69, 9.17) is 16.2 Å². The van der Waals surface area contributed by atoms with Crippen LogP contribution >= 0.6 is 0 Å². The number of hydrogen-bond acceptors (Lipinski definition) is 3. The van der Waals surface area contributed by atoms with E-state index in [1.54, 1.807) is 7.11 Å². The number of aryl methyl sites for hydroxylation is 2. The van der Waals surface area contributed by atoms with Crippen LogP contribution in [0.2, 0.25) is 0 Å². The van der Waals surface area contributed by atoms with Crippen molar-refractivity contribution in [2.75, 3.05) is 19.4 Å². The van der Waals surface area contributed by atoms with Gasteiger partial charge in [0.05, 0.1) is 7.11 Å². The topological polar surface area (TPSA) is 73.6 Å². The van der Waals surface area contributed by atoms with E-state index in [0.29, 0.717) is 5.84 Å². The highest BCUT2D eigenvalue weighted by Crippen LogP contribution is 2.24. The Morgan fingerprint density at radius 2 is 1.96 bits per heavy atom. The zero-order valence-electron chi connectivity index (χ0n) is 14.8. The SMILES string of the molecule is CCCN=C(N)c1cccc(C)c1CCc1cc(N)ccc1OC. The minimum Gasteiger partial charge on any atom is -0.496 e. The van der Waals surface area contributed by atoms with Crippen LogP contribution in [0.4, 0.5) is 5.69 Å². The summed E-state index contributed by atoms with van der Waals surface area (Å²) in [7, 11) is 1.68. The molecule has 0 unspecified atom stereocenters. The summed E-state index contributed by atoms with van der Waals surface area (Å²) in [6, 6.07) is 11.9. The van der Waals surface area contributed by atoms with Gasteiger partial charge in [-0.2, -0.15) is 0 Å². The van der Waals surface area contributed by atoms with Crippen LogP contribution in [0, 0.1) is 6.92 Å². The second-order valence-corrected chi connectivity index (χ2v) is 5.94. The number of nitrogens with two attached hydrogens (primary N) is 2. The van der Waals surface area contributed by atoms with Crippen molar-refractivity contribution in [2.24, 2.45) is 10.7 Å². The second-order valence-electron chi connectivity index (χ2n) is 5.94. The first-order valence-electron chi connectivity index (χ1n) is 8.38. The van der Waals surface area contributed by atoms with Crippen molar-refractivity contribution in [1.82, 2.24) is 0 Å². The lowest BCUT2D eigenvalue weighted by molar-refractivity contribution is 0.409. The fourth-order valence-corrected chi connectivity index (χ4v) is 2.85. The minimum atomic E-state index is 0.620. The van der Waals surface area contributed by atoms with Crippen LogP contribution < -0.4 is 16.2 Å². The van der Waals surface area contributed by atoms with Gasteiger partial charge in [0.15, 0.2) is 0 Å². The first-order valence-corrected chi connectivity index (χ1v) is 8.38. The normalized spacial score (nSPS) is 11.5. The van der Waals surface area contributed by atoms with E-state index in [2.05, 4.69) is 24.9 Å². The molecule has 24 heavy (non-hydrogen) atoms. The predicted octanol–water partition coefficient (Wildman–Crippen LogP) is 3.49. The highest BCUT2D eigenvalue weighted by atomic mass is 16.5. The number of aliphatic imine (C=N–C) groups is 1. The minimum absolute atomic E-state index is 0.620. The largest absolute Gasteiger partial charge is 0.496 e. The summed E-state index contributed by atoms with van der Waals surface area (Å²) in [6.07, 6.45) is 2.69. The highest BCUT2D eigenvalue weighted by molar-refractivity contribution is 5.99. The van der Waals surface area contributed by atoms with Gasteiger partial charge in [0.2, 0.25) is 0 Å². The third-order valence-electron chi connectivity index (χ3n) is 4.14. The van der Waals surface area contributed by atoms with Crippen LogP contribution in [0.15, 0.2) is 41.4 Å². The Morgan fingerprint density at radius 3 is 2.67 bits per heavy atom. The number of hydrogen-bond donors (Lipinski definition) is 2. The van der Waals surface area contributed by atoms with Crippen LogP contribution in [0.1, 0.15) is 35.6 Å². The van der Waals surface area contributed by atoms with Crippen LogP contribution in [0.5, 0.6) is 5.75 Å². The van der Waals surface area contributed by atoms with E-state index in [-0.39, 0.29) is 0 Å². The molecular weight excluding hydrogens is 298 g/mol. The third kappa shape index (κ3) is 4.28. The molecule has 0 aromatic heterocycles. The van der Waals surface area contributed by atoms with Crippen molar-refractivity contribution in [3.8, 4) is 5.75 Å². The summed E-state index contributed by atoms with van der Waals surface area (Å²) < 4.78 is 5.45. The standard InChI is InChI=1S/C20H27N3O/c1-4-12-23-20(22)18-7-5-6-14(2)17(18)10-8-15-13-16(21)9-11-19(15)24-3/h5-7,9,11,13H,4,8,10,12,21H2,1-3H3,(H2,22,23). The van der Waals surface area contributed by atoms with E-state index in [9.17, 15) is 0 Å². The molecule has 128 valence electrons. The first kappa shape index (κ1) is 17.9. The Hall–Kier alpha value is -2.49. The molecule has 0 aliphatic heterocycles. The fourth-order valence-electron chi connectivity index (χ4n) is 2.85. The van der Waals surface area contributed by atoms with E-state index in [0.717, 1.165) is 48.4 Å². The molecule has 0 saturated heterocycles. The van der Waals surface area contributed by atoms with E-state index in [1.807, 2.05) is 30.3 Å². The maximum atomic E-state index is 6.21. The van der Waals surface area contributed by atoms with Crippen LogP contribution in [-0.4, -0.2) is 19.5 Å². The summed E-state index contributed by atoms with van der Waals surface area (Å²) in [6.45, 7) is 4.96. The van der Waals surface area contributed by atoms with Gasteiger partial charge >= 0.3 is 0 Å². The van der Waals surface area contributed by atoms with Crippen molar-refractivity contribution in [3.63, 3.8) is 0 Å². The van der Waals surface area contributed by atoms with Gasteiger partial charge in [0.25, 0.3) is 0 Å². The predicted molar refractivity (Wildman–Crippen MR) is 102 cm³/mol. The van der Waals surface area contributed by atoms with Gasteiger partial charge in [-0.3, -0.25) is 4.99 Å². The van der Waals surface area contributed by atoms with Crippen molar-refractivity contribution < 1.29 is 4.74 Å². The number of ether oxygens (including phenoxy) is 1. The lowest BCUT2D eigenvalue weighted by Gasteiger charge is -2.14. The van der Waals surface area contributed by atoms with Crippen LogP contribution in [0.25, 0.3) is 0 Å². The lowest BCUT2D eigenvalue weighted by Crippen LogP contribution is -2.17. The number of anilines is 1. The molecule has 0 aliphatic rings. The van der Waals surface area contributed by atoms with E-state index in [1.165, 1.54) is 11.1 Å². The molecule has 0 heterocycles. The molecule has 2 aromatic carbocycles. The lowest BCUT2D eigenvalue weighted by atomic mass is 9.94. The summed E-state index contributed by atoms with van der Waals surface area (Å²) in [4.78, 5) is 4.47. The molecule has 0 spiro atoms. The number of nitrogen functional groups attached to an aromatic ring is 1. The Labute approximate surface area is 144 Å². The Kier molecular flexibility index (Phi) is 6.24. The molecule has 4 nitrogen and oxygen atoms in total. The smallest absolute Gasteiger partial charge is 0.125 e. The quantitative estimate of drug-likeness (QED) is 0.465. The van der Waals surface area contributed by atoms with E-state index >= 15 is 0 Å². The summed E-state index contributed by atoms with van der Waals surface area (Å²) in [5, 5.41) is 0. The molecule has 0 amide bonds. The van der Waals surface area contributed by atoms with Gasteiger partial charge in [-0.25, -0.2) is 0 Å². The molecule has 4 heteroatoms. The van der Waals surface area contributed by atoms with Gasteiger partial charge < -0.3 is 16.2 Å². The number of methoxy groups -OCH3 is 1. The highest BCUT2D eigenvalue weighted by Gasteiger charge is 2.11. The van der Waals surface area contributed by atoms with E-state index < -0.39 is 0 Å². The average Bonchev–Trinajstić information content (AvgIpc) is 2.58. The molecular formula is C20H27N3O. The second kappa shape index (κ2) is 8.39. The average molecular weight is 325 g/mol. The van der Waals surface area contributed by atoms with Crippen molar-refractivity contribution in [2.45, 2.75) is 33.1 Å². The molecule has 0 bridgehead atoms. The zero-order valence-corrected chi connectivity index (χ0v) is 14.8. The van der Waals surface area contributed by atoms with Crippen LogP contribution in [0.3, 0.4) is 0 Å². The maximum Gasteiger partial charge on any atom is 0.125 e. The molecule has 0 radical (unpaired) electrons. The van der Waals surface area contributed by atoms with Crippen molar-refractivity contribution in [1.29, 1.82) is 0 Å². The maximum absolute atomic E-state index is 6.21. The number of amidine groups is 1. The molecule has 2 rings (SSSR count). The van der Waals surface area contributed by atoms with Gasteiger partial charge in [-0.1, -0.05) is 25.1 Å². The van der Waals surface area contributed by atoms with Crippen molar-refractivity contribution in [3.05, 3.63) is 58.7 Å².